The fourth-order valence-electron chi connectivity index (χ4n) is 3.46. The Hall–Kier alpha value is -3.35. The van der Waals surface area contributed by atoms with Crippen LogP contribution < -0.4 is 10.2 Å². The van der Waals surface area contributed by atoms with Gasteiger partial charge in [0, 0.05) is 12.2 Å². The first-order chi connectivity index (χ1) is 13.5. The lowest BCUT2D eigenvalue weighted by Crippen LogP contribution is -2.34. The SMILES string of the molecule is Cc1ccc(N2C(=O)CC(Nc3cccc(CN4CCOC4=O)c3)C2=O)cc1. The van der Waals surface area contributed by atoms with Gasteiger partial charge in [-0.1, -0.05) is 29.8 Å². The molecule has 1 N–H and O–H groups in total. The minimum atomic E-state index is -0.610. The predicted octanol–water partition coefficient (Wildman–Crippen LogP) is 2.69. The van der Waals surface area contributed by atoms with E-state index in [-0.39, 0.29) is 24.3 Å². The maximum atomic E-state index is 12.8. The molecule has 0 bridgehead atoms. The van der Waals surface area contributed by atoms with Crippen molar-refractivity contribution in [3.63, 3.8) is 0 Å². The highest BCUT2D eigenvalue weighted by molar-refractivity contribution is 6.23. The number of aryl methyl sites for hydroxylation is 1. The Balaban J connectivity index is 1.46. The van der Waals surface area contributed by atoms with Gasteiger partial charge in [-0.3, -0.25) is 9.59 Å². The third-order valence-corrected chi connectivity index (χ3v) is 4.93. The molecule has 28 heavy (non-hydrogen) atoms. The second-order valence-electron chi connectivity index (χ2n) is 7.04. The van der Waals surface area contributed by atoms with E-state index in [0.29, 0.717) is 25.4 Å². The first-order valence-corrected chi connectivity index (χ1v) is 9.22. The van der Waals surface area contributed by atoms with E-state index in [2.05, 4.69) is 5.32 Å². The van der Waals surface area contributed by atoms with E-state index in [4.69, 9.17) is 4.74 Å². The van der Waals surface area contributed by atoms with Gasteiger partial charge in [-0.05, 0) is 36.8 Å². The molecule has 1 atom stereocenters. The summed E-state index contributed by atoms with van der Waals surface area (Å²) in [5.74, 6) is -0.482. The minimum absolute atomic E-state index is 0.107. The number of nitrogens with one attached hydrogen (secondary N) is 1. The minimum Gasteiger partial charge on any atom is -0.448 e. The average molecular weight is 379 g/mol. The van der Waals surface area contributed by atoms with Crippen molar-refractivity contribution in [3.05, 3.63) is 59.7 Å². The maximum absolute atomic E-state index is 12.8. The number of nitrogens with zero attached hydrogens (tertiary/aromatic N) is 2. The van der Waals surface area contributed by atoms with E-state index in [1.807, 2.05) is 43.3 Å². The third-order valence-electron chi connectivity index (χ3n) is 4.93. The van der Waals surface area contributed by atoms with Crippen molar-refractivity contribution >= 4 is 29.3 Å². The molecule has 7 nitrogen and oxygen atoms in total. The Kier molecular flexibility index (Phi) is 4.73. The number of hydrogen-bond acceptors (Lipinski definition) is 5. The summed E-state index contributed by atoms with van der Waals surface area (Å²) in [6, 6.07) is 14.2. The molecule has 2 saturated heterocycles. The number of ether oxygens (including phenoxy) is 1. The summed E-state index contributed by atoms with van der Waals surface area (Å²) in [6.07, 6.45) is -0.210. The lowest BCUT2D eigenvalue weighted by molar-refractivity contribution is -0.121. The van der Waals surface area contributed by atoms with Crippen LogP contribution in [-0.4, -0.2) is 42.0 Å². The molecule has 2 aromatic carbocycles. The van der Waals surface area contributed by atoms with Crippen molar-refractivity contribution < 1.29 is 19.1 Å². The Labute approximate surface area is 162 Å². The second-order valence-corrected chi connectivity index (χ2v) is 7.04. The first kappa shape index (κ1) is 18.0. The highest BCUT2D eigenvalue weighted by Crippen LogP contribution is 2.25. The van der Waals surface area contributed by atoms with E-state index in [0.717, 1.165) is 16.8 Å². The van der Waals surface area contributed by atoms with Crippen LogP contribution in [0, 0.1) is 6.92 Å². The molecular formula is C21H21N3O4. The summed E-state index contributed by atoms with van der Waals surface area (Å²) < 4.78 is 4.95. The predicted molar refractivity (Wildman–Crippen MR) is 104 cm³/mol. The third kappa shape index (κ3) is 3.55. The Morgan fingerprint density at radius 2 is 1.89 bits per heavy atom. The van der Waals surface area contributed by atoms with Gasteiger partial charge in [0.25, 0.3) is 5.91 Å². The second kappa shape index (κ2) is 7.34. The quantitative estimate of drug-likeness (QED) is 0.808. The lowest BCUT2D eigenvalue weighted by Gasteiger charge is -2.17. The normalized spacial score (nSPS) is 19.3. The molecule has 2 aliphatic heterocycles. The highest BCUT2D eigenvalue weighted by atomic mass is 16.6. The Bertz CT molecular complexity index is 926. The van der Waals surface area contributed by atoms with Gasteiger partial charge in [-0.15, -0.1) is 0 Å². The van der Waals surface area contributed by atoms with E-state index in [9.17, 15) is 14.4 Å². The van der Waals surface area contributed by atoms with E-state index in [1.54, 1.807) is 17.0 Å². The molecule has 0 aromatic heterocycles. The maximum Gasteiger partial charge on any atom is 0.410 e. The fraction of sp³-hybridized carbons (Fsp3) is 0.286. The number of rotatable bonds is 5. The zero-order chi connectivity index (χ0) is 19.7. The van der Waals surface area contributed by atoms with Crippen LogP contribution in [0.25, 0.3) is 0 Å². The molecule has 3 amide bonds. The summed E-state index contributed by atoms with van der Waals surface area (Å²) in [4.78, 5) is 39.7. The molecule has 2 aliphatic rings. The molecule has 0 radical (unpaired) electrons. The summed E-state index contributed by atoms with van der Waals surface area (Å²) in [5.41, 5.74) is 3.32. The lowest BCUT2D eigenvalue weighted by atomic mass is 10.1. The first-order valence-electron chi connectivity index (χ1n) is 9.22. The topological polar surface area (TPSA) is 79.0 Å². The van der Waals surface area contributed by atoms with Crippen LogP contribution in [0.5, 0.6) is 0 Å². The average Bonchev–Trinajstić information content (AvgIpc) is 3.19. The van der Waals surface area contributed by atoms with Crippen molar-refractivity contribution in [2.24, 2.45) is 0 Å². The van der Waals surface area contributed by atoms with Crippen molar-refractivity contribution in [2.75, 3.05) is 23.4 Å². The van der Waals surface area contributed by atoms with Crippen molar-refractivity contribution in [2.45, 2.75) is 25.9 Å². The van der Waals surface area contributed by atoms with Crippen molar-refractivity contribution in [3.8, 4) is 0 Å². The molecular weight excluding hydrogens is 358 g/mol. The molecule has 144 valence electrons. The van der Waals surface area contributed by atoms with Gasteiger partial charge in [0.1, 0.15) is 12.6 Å². The molecule has 4 rings (SSSR count). The number of cyclic esters (lactones) is 1. The smallest absolute Gasteiger partial charge is 0.410 e. The van der Waals surface area contributed by atoms with E-state index >= 15 is 0 Å². The van der Waals surface area contributed by atoms with Crippen LogP contribution in [0.4, 0.5) is 16.2 Å². The van der Waals surface area contributed by atoms with Crippen LogP contribution in [0.3, 0.4) is 0 Å². The number of amides is 3. The van der Waals surface area contributed by atoms with Gasteiger partial charge in [0.05, 0.1) is 18.7 Å². The van der Waals surface area contributed by atoms with E-state index in [1.165, 1.54) is 4.90 Å². The Morgan fingerprint density at radius 3 is 2.61 bits per heavy atom. The van der Waals surface area contributed by atoms with Gasteiger partial charge in [0.2, 0.25) is 5.91 Å². The largest absolute Gasteiger partial charge is 0.448 e. The number of imide groups is 1. The van der Waals surface area contributed by atoms with Gasteiger partial charge in [-0.2, -0.15) is 0 Å². The van der Waals surface area contributed by atoms with Crippen LogP contribution in [0.1, 0.15) is 17.5 Å². The van der Waals surface area contributed by atoms with Gasteiger partial charge in [-0.25, -0.2) is 9.69 Å². The molecule has 0 saturated carbocycles. The molecule has 7 heteroatoms. The number of carbonyl (C=O) groups excluding carboxylic acids is 3. The van der Waals surface area contributed by atoms with Crippen molar-refractivity contribution in [1.82, 2.24) is 4.90 Å². The monoisotopic (exact) mass is 379 g/mol. The van der Waals surface area contributed by atoms with Gasteiger partial charge in [0.15, 0.2) is 0 Å². The fourth-order valence-corrected chi connectivity index (χ4v) is 3.46. The molecule has 2 heterocycles. The standard InChI is InChI=1S/C21H21N3O4/c1-14-5-7-17(8-6-14)24-19(25)12-18(20(24)26)22-16-4-2-3-15(11-16)13-23-9-10-28-21(23)27/h2-8,11,18,22H,9-10,12-13H2,1H3. The molecule has 1 unspecified atom stereocenters. The molecule has 2 aromatic rings. The Morgan fingerprint density at radius 1 is 1.11 bits per heavy atom. The number of anilines is 2. The van der Waals surface area contributed by atoms with Crippen LogP contribution >= 0.6 is 0 Å². The van der Waals surface area contributed by atoms with Crippen LogP contribution in [0.2, 0.25) is 0 Å². The molecule has 2 fully saturated rings. The summed E-state index contributed by atoms with van der Waals surface area (Å²) in [5, 5.41) is 3.16. The number of hydrogen-bond donors (Lipinski definition) is 1. The molecule has 0 aliphatic carbocycles. The zero-order valence-electron chi connectivity index (χ0n) is 15.6. The summed E-state index contributed by atoms with van der Waals surface area (Å²) in [6.45, 7) is 3.37. The summed E-state index contributed by atoms with van der Waals surface area (Å²) in [7, 11) is 0. The number of carbonyl (C=O) groups is 3. The zero-order valence-corrected chi connectivity index (χ0v) is 15.6. The summed E-state index contributed by atoms with van der Waals surface area (Å²) >= 11 is 0. The van der Waals surface area contributed by atoms with Gasteiger partial charge >= 0.3 is 6.09 Å². The van der Waals surface area contributed by atoms with Crippen LogP contribution in [0.15, 0.2) is 48.5 Å². The van der Waals surface area contributed by atoms with Gasteiger partial charge < -0.3 is 15.0 Å². The molecule has 0 spiro atoms. The van der Waals surface area contributed by atoms with Crippen molar-refractivity contribution in [1.29, 1.82) is 0 Å². The number of benzene rings is 2. The highest BCUT2D eigenvalue weighted by Gasteiger charge is 2.39. The van der Waals surface area contributed by atoms with E-state index < -0.39 is 6.04 Å². The van der Waals surface area contributed by atoms with Crippen LogP contribution in [-0.2, 0) is 20.9 Å².